The Balaban J connectivity index is 3.30. The largest absolute Gasteiger partial charge is 0.466 e. The number of aliphatic hydroxyl groups is 2. The first-order chi connectivity index (χ1) is 46.0. The van der Waals surface area contributed by atoms with Crippen LogP contribution in [0.25, 0.3) is 0 Å². The van der Waals surface area contributed by atoms with E-state index in [1.54, 1.807) is 0 Å². The van der Waals surface area contributed by atoms with Gasteiger partial charge in [-0.25, -0.2) is 0 Å². The van der Waals surface area contributed by atoms with Gasteiger partial charge in [0.15, 0.2) is 0 Å². The number of ether oxygens (including phenoxy) is 1. The lowest BCUT2D eigenvalue weighted by atomic mass is 10.0. The van der Waals surface area contributed by atoms with Crippen LogP contribution in [0.3, 0.4) is 0 Å². The standard InChI is InChI=1S/C87H169NO5/c1-3-5-7-9-11-13-15-17-19-20-21-22-42-45-48-52-55-59-63-67-71-75-79-85(90)84(83-89)88-86(91)80-76-72-68-64-60-56-53-49-46-43-40-38-36-34-32-30-28-26-24-23-25-27-29-31-33-35-37-39-41-44-47-50-54-58-62-66-70-74-78-82-93-87(92)81-77-73-69-65-61-57-51-18-16-14-12-10-8-6-4-2/h12,14,18,51,84-85,89-90H,3-11,13,15-17,19-50,52-83H2,1-2H3,(H,88,91)/b14-12-,51-18-. The molecule has 0 saturated carbocycles. The van der Waals surface area contributed by atoms with Crippen LogP contribution in [0.1, 0.15) is 495 Å². The summed E-state index contributed by atoms with van der Waals surface area (Å²) in [5, 5.41) is 23.5. The Morgan fingerprint density at radius 1 is 0.301 bits per heavy atom. The van der Waals surface area contributed by atoms with Crippen molar-refractivity contribution in [3.8, 4) is 0 Å². The highest BCUT2D eigenvalue weighted by Crippen LogP contribution is 2.21. The lowest BCUT2D eigenvalue weighted by Crippen LogP contribution is -2.45. The van der Waals surface area contributed by atoms with Gasteiger partial charge in [0.25, 0.3) is 0 Å². The molecule has 0 heterocycles. The predicted octanol–water partition coefficient (Wildman–Crippen LogP) is 28.8. The molecule has 0 bridgehead atoms. The Morgan fingerprint density at radius 2 is 0.538 bits per heavy atom. The molecule has 0 aromatic heterocycles. The molecule has 0 aliphatic carbocycles. The maximum Gasteiger partial charge on any atom is 0.305 e. The number of allylic oxidation sites excluding steroid dienone is 4. The van der Waals surface area contributed by atoms with E-state index in [9.17, 15) is 19.8 Å². The number of aliphatic hydroxyl groups excluding tert-OH is 2. The molecule has 0 aliphatic heterocycles. The molecule has 2 atom stereocenters. The number of hydrogen-bond donors (Lipinski definition) is 3. The number of nitrogens with one attached hydrogen (secondary N) is 1. The van der Waals surface area contributed by atoms with Crippen molar-refractivity contribution in [1.82, 2.24) is 5.32 Å². The summed E-state index contributed by atoms with van der Waals surface area (Å²) in [6.45, 7) is 4.98. The van der Waals surface area contributed by atoms with E-state index in [2.05, 4.69) is 43.5 Å². The van der Waals surface area contributed by atoms with Crippen LogP contribution in [0, 0.1) is 0 Å². The summed E-state index contributed by atoms with van der Waals surface area (Å²) >= 11 is 0. The second-order valence-electron chi connectivity index (χ2n) is 29.9. The molecule has 6 heteroatoms. The van der Waals surface area contributed by atoms with Crippen LogP contribution >= 0.6 is 0 Å². The second-order valence-corrected chi connectivity index (χ2v) is 29.9. The molecule has 6 nitrogen and oxygen atoms in total. The molecule has 0 aromatic carbocycles. The summed E-state index contributed by atoms with van der Waals surface area (Å²) in [5.41, 5.74) is 0. The number of carbonyl (C=O) groups is 2. The Kier molecular flexibility index (Phi) is 81.3. The van der Waals surface area contributed by atoms with Gasteiger partial charge in [0, 0.05) is 12.8 Å². The number of amides is 1. The monoisotopic (exact) mass is 1310 g/mol. The first-order valence-electron chi connectivity index (χ1n) is 43.1. The Morgan fingerprint density at radius 3 is 0.839 bits per heavy atom. The number of rotatable bonds is 82. The average Bonchev–Trinajstić information content (AvgIpc) is 3.78. The zero-order valence-electron chi connectivity index (χ0n) is 63.5. The molecular weight excluding hydrogens is 1140 g/mol. The Bertz CT molecular complexity index is 1460. The predicted molar refractivity (Wildman–Crippen MR) is 412 cm³/mol. The molecule has 0 spiro atoms. The van der Waals surface area contributed by atoms with Crippen molar-refractivity contribution < 1.29 is 24.5 Å². The molecule has 0 saturated heterocycles. The molecule has 0 rings (SSSR count). The maximum atomic E-state index is 12.6. The topological polar surface area (TPSA) is 95.9 Å². The quantitative estimate of drug-likeness (QED) is 0.0320. The van der Waals surface area contributed by atoms with Crippen molar-refractivity contribution in [3.05, 3.63) is 24.3 Å². The minimum Gasteiger partial charge on any atom is -0.466 e. The van der Waals surface area contributed by atoms with E-state index in [-0.39, 0.29) is 18.5 Å². The van der Waals surface area contributed by atoms with Gasteiger partial charge in [-0.3, -0.25) is 9.59 Å². The first-order valence-corrected chi connectivity index (χ1v) is 43.1. The normalized spacial score (nSPS) is 12.5. The van der Waals surface area contributed by atoms with E-state index in [0.29, 0.717) is 25.9 Å². The van der Waals surface area contributed by atoms with Crippen molar-refractivity contribution in [2.24, 2.45) is 0 Å². The van der Waals surface area contributed by atoms with Gasteiger partial charge in [0.1, 0.15) is 0 Å². The minimum absolute atomic E-state index is 0.0110. The van der Waals surface area contributed by atoms with Gasteiger partial charge in [-0.1, -0.05) is 449 Å². The highest BCUT2D eigenvalue weighted by molar-refractivity contribution is 5.76. The summed E-state index contributed by atoms with van der Waals surface area (Å²) in [6, 6.07) is -0.538. The lowest BCUT2D eigenvalue weighted by Gasteiger charge is -2.22. The Labute approximate surface area is 583 Å². The molecule has 3 N–H and O–H groups in total. The van der Waals surface area contributed by atoms with Gasteiger partial charge in [-0.15, -0.1) is 0 Å². The minimum atomic E-state index is -0.661. The number of unbranched alkanes of at least 4 members (excludes halogenated alkanes) is 67. The van der Waals surface area contributed by atoms with Crippen LogP contribution in [0.15, 0.2) is 24.3 Å². The fraction of sp³-hybridized carbons (Fsp3) is 0.931. The van der Waals surface area contributed by atoms with Crippen LogP contribution in [0.4, 0.5) is 0 Å². The van der Waals surface area contributed by atoms with Crippen LogP contribution in [-0.2, 0) is 14.3 Å². The molecule has 2 unspecified atom stereocenters. The number of esters is 1. The van der Waals surface area contributed by atoms with Gasteiger partial charge in [-0.05, 0) is 57.8 Å². The van der Waals surface area contributed by atoms with E-state index in [4.69, 9.17) is 4.74 Å². The van der Waals surface area contributed by atoms with Crippen LogP contribution in [0.5, 0.6) is 0 Å². The van der Waals surface area contributed by atoms with E-state index in [0.717, 1.165) is 51.4 Å². The molecule has 0 aliphatic rings. The van der Waals surface area contributed by atoms with Crippen molar-refractivity contribution in [3.63, 3.8) is 0 Å². The average molecular weight is 1310 g/mol. The number of carbonyl (C=O) groups excluding carboxylic acids is 2. The fourth-order valence-corrected chi connectivity index (χ4v) is 14.0. The molecule has 93 heavy (non-hydrogen) atoms. The van der Waals surface area contributed by atoms with Gasteiger partial charge in [-0.2, -0.15) is 0 Å². The zero-order valence-corrected chi connectivity index (χ0v) is 63.5. The fourth-order valence-electron chi connectivity index (χ4n) is 14.0. The van der Waals surface area contributed by atoms with E-state index in [1.807, 2.05) is 0 Å². The van der Waals surface area contributed by atoms with Gasteiger partial charge in [0.2, 0.25) is 5.91 Å². The van der Waals surface area contributed by atoms with Crippen molar-refractivity contribution in [2.75, 3.05) is 13.2 Å². The highest BCUT2D eigenvalue weighted by atomic mass is 16.5. The van der Waals surface area contributed by atoms with Gasteiger partial charge < -0.3 is 20.3 Å². The van der Waals surface area contributed by atoms with E-state index >= 15 is 0 Å². The molecule has 0 aromatic rings. The van der Waals surface area contributed by atoms with Crippen molar-refractivity contribution >= 4 is 11.9 Å². The van der Waals surface area contributed by atoms with Crippen molar-refractivity contribution in [2.45, 2.75) is 508 Å². The Hall–Kier alpha value is -1.66. The molecule has 1 amide bonds. The molecule has 552 valence electrons. The lowest BCUT2D eigenvalue weighted by molar-refractivity contribution is -0.143. The van der Waals surface area contributed by atoms with E-state index < -0.39 is 12.1 Å². The summed E-state index contributed by atoms with van der Waals surface area (Å²) in [5.74, 6) is -0.0118. The van der Waals surface area contributed by atoms with Crippen LogP contribution in [-0.4, -0.2) is 47.4 Å². The third-order valence-electron chi connectivity index (χ3n) is 20.5. The molecule has 0 radical (unpaired) electrons. The maximum absolute atomic E-state index is 12.6. The molecular formula is C87H169NO5. The van der Waals surface area contributed by atoms with Crippen molar-refractivity contribution in [1.29, 1.82) is 0 Å². The zero-order chi connectivity index (χ0) is 67.0. The summed E-state index contributed by atoms with van der Waals surface area (Å²) in [6.07, 6.45) is 107. The number of hydrogen-bond acceptors (Lipinski definition) is 5. The smallest absolute Gasteiger partial charge is 0.305 e. The SMILES string of the molecule is CCCCC/C=C\C/C=C\CCCCCCCC(=O)OCCCCCCCCCCCCCCCCCCCCCCCCCCCCCCCCCCCCCCCCCC(=O)NC(CO)C(O)CCCCCCCCCCCCCCCCCCCCCCCC. The summed E-state index contributed by atoms with van der Waals surface area (Å²) < 4.78 is 5.50. The third kappa shape index (κ3) is 79.2. The second kappa shape index (κ2) is 82.8. The third-order valence-corrected chi connectivity index (χ3v) is 20.5. The van der Waals surface area contributed by atoms with E-state index in [1.165, 1.54) is 411 Å². The molecule has 0 fully saturated rings. The van der Waals surface area contributed by atoms with Gasteiger partial charge in [0.05, 0.1) is 25.4 Å². The summed E-state index contributed by atoms with van der Waals surface area (Å²) in [7, 11) is 0. The first kappa shape index (κ1) is 91.3. The van der Waals surface area contributed by atoms with Crippen LogP contribution < -0.4 is 5.32 Å². The van der Waals surface area contributed by atoms with Crippen LogP contribution in [0.2, 0.25) is 0 Å². The summed E-state index contributed by atoms with van der Waals surface area (Å²) in [4.78, 5) is 24.7. The highest BCUT2D eigenvalue weighted by Gasteiger charge is 2.20. The van der Waals surface area contributed by atoms with Gasteiger partial charge >= 0.3 is 5.97 Å².